The molecule has 0 aliphatic rings. The quantitative estimate of drug-likeness (QED) is 0.594. The largest absolute Gasteiger partial charge is 0.326 e. The summed E-state index contributed by atoms with van der Waals surface area (Å²) in [5.74, 6) is 0. The zero-order chi connectivity index (χ0) is 6.69. The summed E-state index contributed by atoms with van der Waals surface area (Å²) in [7, 11) is 0. The van der Waals surface area contributed by atoms with Crippen LogP contribution in [0, 0.1) is 6.92 Å². The van der Waals surface area contributed by atoms with Crippen molar-refractivity contribution in [3.8, 4) is 0 Å². The first-order valence-electron chi connectivity index (χ1n) is 2.80. The third-order valence-electron chi connectivity index (χ3n) is 1.20. The normalized spacial score (nSPS) is 9.56. The zero-order valence-electron chi connectivity index (χ0n) is 5.17. The molecule has 0 fully saturated rings. The Labute approximate surface area is 54.7 Å². The minimum atomic E-state index is 0.521. The molecule has 1 radical (unpaired) electrons. The van der Waals surface area contributed by atoms with Gasteiger partial charge in [-0.15, -0.1) is 0 Å². The lowest BCUT2D eigenvalue weighted by molar-refractivity contribution is 1.03. The van der Waals surface area contributed by atoms with Crippen molar-refractivity contribution in [3.05, 3.63) is 36.5 Å². The van der Waals surface area contributed by atoms with E-state index in [1.54, 1.807) is 6.20 Å². The predicted molar refractivity (Wildman–Crippen MR) is 36.6 cm³/mol. The lowest BCUT2D eigenvalue weighted by Gasteiger charge is -1.97. The van der Waals surface area contributed by atoms with Crippen LogP contribution in [-0.2, 0) is 6.54 Å². The maximum Gasteiger partial charge on any atom is 0.0452 e. The van der Waals surface area contributed by atoms with Crippen molar-refractivity contribution in [2.24, 2.45) is 5.73 Å². The molecule has 1 aromatic heterocycles. The second kappa shape index (κ2) is 2.60. The third kappa shape index (κ3) is 1.27. The lowest BCUT2D eigenvalue weighted by atomic mass is 10.2. The smallest absolute Gasteiger partial charge is 0.0452 e. The van der Waals surface area contributed by atoms with Crippen LogP contribution in [0.4, 0.5) is 0 Å². The van der Waals surface area contributed by atoms with Crippen LogP contribution in [0.5, 0.6) is 0 Å². The summed E-state index contributed by atoms with van der Waals surface area (Å²) in [6, 6.07) is 3.78. The van der Waals surface area contributed by atoms with E-state index in [2.05, 4.69) is 11.9 Å². The molecule has 0 spiro atoms. The standard InChI is InChI=1S/C7H9N2/c1-6-7(5-8)3-2-4-9-6/h2-4H,1,5,8H2. The Balaban J connectivity index is 3.01. The molecule has 2 nitrogen and oxygen atoms in total. The number of nitrogens with two attached hydrogens (primary N) is 1. The highest BCUT2D eigenvalue weighted by atomic mass is 14.7. The van der Waals surface area contributed by atoms with Gasteiger partial charge in [0.1, 0.15) is 0 Å². The maximum absolute atomic E-state index is 5.37. The van der Waals surface area contributed by atoms with Crippen molar-refractivity contribution in [3.63, 3.8) is 0 Å². The molecule has 0 bridgehead atoms. The molecule has 1 rings (SSSR count). The Bertz CT molecular complexity index is 196. The van der Waals surface area contributed by atoms with E-state index in [1.807, 2.05) is 12.1 Å². The van der Waals surface area contributed by atoms with Crippen LogP contribution in [0.25, 0.3) is 0 Å². The van der Waals surface area contributed by atoms with Gasteiger partial charge >= 0.3 is 0 Å². The van der Waals surface area contributed by atoms with Gasteiger partial charge in [0, 0.05) is 18.4 Å². The van der Waals surface area contributed by atoms with Gasteiger partial charge in [-0.25, -0.2) is 0 Å². The Morgan fingerprint density at radius 2 is 2.44 bits per heavy atom. The lowest BCUT2D eigenvalue weighted by Crippen LogP contribution is -1.99. The van der Waals surface area contributed by atoms with E-state index in [0.717, 1.165) is 11.3 Å². The molecule has 0 atom stereocenters. The molecule has 47 valence electrons. The van der Waals surface area contributed by atoms with Crippen molar-refractivity contribution in [1.29, 1.82) is 0 Å². The number of hydrogen-bond acceptors (Lipinski definition) is 2. The van der Waals surface area contributed by atoms with E-state index in [1.165, 1.54) is 0 Å². The molecule has 0 saturated carbocycles. The Morgan fingerprint density at radius 3 is 2.89 bits per heavy atom. The predicted octanol–water partition coefficient (Wildman–Crippen LogP) is 0.722. The zero-order valence-corrected chi connectivity index (χ0v) is 5.17. The van der Waals surface area contributed by atoms with Crippen LogP contribution in [0.15, 0.2) is 18.3 Å². The Hall–Kier alpha value is -0.890. The van der Waals surface area contributed by atoms with Gasteiger partial charge < -0.3 is 5.73 Å². The molecule has 1 heterocycles. The summed E-state index contributed by atoms with van der Waals surface area (Å²) in [5.41, 5.74) is 7.16. The minimum absolute atomic E-state index is 0.521. The second-order valence-corrected chi connectivity index (χ2v) is 1.81. The summed E-state index contributed by atoms with van der Waals surface area (Å²) >= 11 is 0. The van der Waals surface area contributed by atoms with E-state index in [0.29, 0.717) is 6.54 Å². The summed E-state index contributed by atoms with van der Waals surface area (Å²) < 4.78 is 0. The molecular formula is C7H9N2. The van der Waals surface area contributed by atoms with Crippen LogP contribution in [0.1, 0.15) is 11.3 Å². The van der Waals surface area contributed by atoms with Gasteiger partial charge in [0.15, 0.2) is 0 Å². The molecule has 2 heteroatoms. The summed E-state index contributed by atoms with van der Waals surface area (Å²) in [5, 5.41) is 0. The number of nitrogens with zero attached hydrogens (tertiary/aromatic N) is 1. The van der Waals surface area contributed by atoms with E-state index in [-0.39, 0.29) is 0 Å². The van der Waals surface area contributed by atoms with Gasteiger partial charge in [-0.05, 0) is 18.6 Å². The molecule has 0 saturated heterocycles. The van der Waals surface area contributed by atoms with Gasteiger partial charge in [0.25, 0.3) is 0 Å². The second-order valence-electron chi connectivity index (χ2n) is 1.81. The topological polar surface area (TPSA) is 38.9 Å². The Morgan fingerprint density at radius 1 is 1.67 bits per heavy atom. The van der Waals surface area contributed by atoms with Crippen molar-refractivity contribution < 1.29 is 0 Å². The summed E-state index contributed by atoms with van der Waals surface area (Å²) in [6.45, 7) is 4.22. The highest BCUT2D eigenvalue weighted by Gasteiger charge is 1.91. The number of pyridine rings is 1. The van der Waals surface area contributed by atoms with Crippen LogP contribution in [-0.4, -0.2) is 4.98 Å². The average Bonchev–Trinajstić information content (AvgIpc) is 1.89. The van der Waals surface area contributed by atoms with E-state index in [4.69, 9.17) is 5.73 Å². The minimum Gasteiger partial charge on any atom is -0.326 e. The first-order valence-corrected chi connectivity index (χ1v) is 2.80. The maximum atomic E-state index is 5.37. The van der Waals surface area contributed by atoms with E-state index < -0.39 is 0 Å². The van der Waals surface area contributed by atoms with Crippen molar-refractivity contribution in [2.75, 3.05) is 0 Å². The molecule has 1 aromatic rings. The fourth-order valence-corrected chi connectivity index (χ4v) is 0.657. The fourth-order valence-electron chi connectivity index (χ4n) is 0.657. The van der Waals surface area contributed by atoms with Gasteiger partial charge in [0.05, 0.1) is 0 Å². The monoisotopic (exact) mass is 121 g/mol. The third-order valence-corrected chi connectivity index (χ3v) is 1.20. The van der Waals surface area contributed by atoms with Crippen LogP contribution in [0.3, 0.4) is 0 Å². The molecule has 0 aliphatic carbocycles. The molecule has 0 unspecified atom stereocenters. The average molecular weight is 121 g/mol. The van der Waals surface area contributed by atoms with Crippen LogP contribution < -0.4 is 5.73 Å². The molecular weight excluding hydrogens is 112 g/mol. The van der Waals surface area contributed by atoms with Crippen LogP contribution >= 0.6 is 0 Å². The van der Waals surface area contributed by atoms with Gasteiger partial charge in [-0.3, -0.25) is 4.98 Å². The highest BCUT2D eigenvalue weighted by molar-refractivity contribution is 5.21. The number of hydrogen-bond donors (Lipinski definition) is 1. The molecule has 0 amide bonds. The van der Waals surface area contributed by atoms with Crippen LogP contribution in [0.2, 0.25) is 0 Å². The van der Waals surface area contributed by atoms with Crippen molar-refractivity contribution in [2.45, 2.75) is 6.54 Å². The van der Waals surface area contributed by atoms with Crippen molar-refractivity contribution >= 4 is 0 Å². The van der Waals surface area contributed by atoms with Gasteiger partial charge in [0.2, 0.25) is 0 Å². The number of aromatic nitrogens is 1. The first-order chi connectivity index (χ1) is 4.34. The SMILES string of the molecule is [CH2]c1ncccc1CN. The molecule has 0 aliphatic heterocycles. The highest BCUT2D eigenvalue weighted by Crippen LogP contribution is 2.00. The molecule has 0 aromatic carbocycles. The molecule has 9 heavy (non-hydrogen) atoms. The molecule has 2 N–H and O–H groups in total. The first kappa shape index (κ1) is 6.23. The van der Waals surface area contributed by atoms with E-state index in [9.17, 15) is 0 Å². The summed E-state index contributed by atoms with van der Waals surface area (Å²) in [4.78, 5) is 3.96. The summed E-state index contributed by atoms with van der Waals surface area (Å²) in [6.07, 6.45) is 1.71. The van der Waals surface area contributed by atoms with Crippen molar-refractivity contribution in [1.82, 2.24) is 4.98 Å². The van der Waals surface area contributed by atoms with E-state index >= 15 is 0 Å². The van der Waals surface area contributed by atoms with Gasteiger partial charge in [-0.2, -0.15) is 0 Å². The number of rotatable bonds is 1. The van der Waals surface area contributed by atoms with Gasteiger partial charge in [-0.1, -0.05) is 6.07 Å². The fraction of sp³-hybridized carbons (Fsp3) is 0.143. The Kier molecular flexibility index (Phi) is 1.80.